The summed E-state index contributed by atoms with van der Waals surface area (Å²) in [6.45, 7) is 0. The van der Waals surface area contributed by atoms with Crippen molar-refractivity contribution in [1.29, 1.82) is 0 Å². The van der Waals surface area contributed by atoms with E-state index in [1.807, 2.05) is 48.5 Å². The van der Waals surface area contributed by atoms with E-state index in [0.717, 1.165) is 49.2 Å². The van der Waals surface area contributed by atoms with Crippen LogP contribution in [0.1, 0.15) is 0 Å². The zero-order valence-corrected chi connectivity index (χ0v) is 23.1. The molecular weight excluding hydrogens is 552 g/mol. The molecular formula is C38H24O6. The number of phenolic OH excluding ortho intramolecular Hbond substituents is 5. The van der Waals surface area contributed by atoms with Crippen LogP contribution in [0.2, 0.25) is 0 Å². The van der Waals surface area contributed by atoms with Crippen molar-refractivity contribution in [3.8, 4) is 62.1 Å². The molecule has 0 aliphatic heterocycles. The van der Waals surface area contributed by atoms with Gasteiger partial charge in [0.1, 0.15) is 11.2 Å². The van der Waals surface area contributed by atoms with Crippen LogP contribution in [-0.2, 0) is 0 Å². The largest absolute Gasteiger partial charge is 0.504 e. The van der Waals surface area contributed by atoms with E-state index < -0.39 is 28.7 Å². The third-order valence-electron chi connectivity index (χ3n) is 8.43. The van der Waals surface area contributed by atoms with Crippen molar-refractivity contribution in [2.45, 2.75) is 0 Å². The van der Waals surface area contributed by atoms with Gasteiger partial charge in [-0.25, -0.2) is 0 Å². The molecule has 8 aromatic rings. The summed E-state index contributed by atoms with van der Waals surface area (Å²) >= 11 is 0. The Morgan fingerprint density at radius 3 is 1.45 bits per heavy atom. The van der Waals surface area contributed by atoms with E-state index in [2.05, 4.69) is 54.6 Å². The maximum atomic E-state index is 10.7. The van der Waals surface area contributed by atoms with Crippen molar-refractivity contribution in [3.63, 3.8) is 0 Å². The van der Waals surface area contributed by atoms with Crippen molar-refractivity contribution < 1.29 is 29.9 Å². The molecule has 212 valence electrons. The Kier molecular flexibility index (Phi) is 5.48. The molecule has 6 heteroatoms. The Morgan fingerprint density at radius 1 is 0.364 bits per heavy atom. The highest BCUT2D eigenvalue weighted by atomic mass is 16.4. The Hall–Kier alpha value is -6.14. The topological polar surface area (TPSA) is 114 Å². The highest BCUT2D eigenvalue weighted by Crippen LogP contribution is 2.56. The molecule has 0 unspecified atom stereocenters. The van der Waals surface area contributed by atoms with E-state index in [-0.39, 0.29) is 11.1 Å². The molecule has 0 saturated heterocycles. The van der Waals surface area contributed by atoms with Crippen molar-refractivity contribution >= 4 is 43.5 Å². The van der Waals surface area contributed by atoms with Gasteiger partial charge in [0.25, 0.3) is 0 Å². The van der Waals surface area contributed by atoms with Crippen LogP contribution >= 0.6 is 0 Å². The molecule has 0 amide bonds. The molecule has 1 aromatic heterocycles. The van der Waals surface area contributed by atoms with Gasteiger partial charge in [0, 0.05) is 16.3 Å². The van der Waals surface area contributed by atoms with Crippen LogP contribution in [0.4, 0.5) is 0 Å². The minimum Gasteiger partial charge on any atom is -0.504 e. The second kappa shape index (κ2) is 9.44. The van der Waals surface area contributed by atoms with Crippen molar-refractivity contribution in [2.75, 3.05) is 0 Å². The van der Waals surface area contributed by atoms with Gasteiger partial charge in [-0.1, -0.05) is 109 Å². The maximum absolute atomic E-state index is 10.7. The fourth-order valence-electron chi connectivity index (χ4n) is 6.53. The average molecular weight is 577 g/mol. The lowest BCUT2D eigenvalue weighted by molar-refractivity contribution is 0.330. The molecule has 0 spiro atoms. The second-order valence-corrected chi connectivity index (χ2v) is 10.8. The van der Waals surface area contributed by atoms with E-state index >= 15 is 0 Å². The molecule has 0 fully saturated rings. The molecule has 6 nitrogen and oxygen atoms in total. The molecule has 0 aliphatic carbocycles. The molecule has 7 aromatic carbocycles. The molecule has 0 atom stereocenters. The molecule has 1 heterocycles. The van der Waals surface area contributed by atoms with Crippen molar-refractivity contribution in [2.24, 2.45) is 0 Å². The van der Waals surface area contributed by atoms with E-state index in [9.17, 15) is 25.5 Å². The summed E-state index contributed by atoms with van der Waals surface area (Å²) in [5.41, 5.74) is 5.16. The maximum Gasteiger partial charge on any atom is 0.208 e. The molecule has 0 radical (unpaired) electrons. The van der Waals surface area contributed by atoms with Crippen LogP contribution in [0, 0.1) is 0 Å². The molecule has 0 aliphatic rings. The van der Waals surface area contributed by atoms with E-state index in [0.29, 0.717) is 16.6 Å². The van der Waals surface area contributed by atoms with Gasteiger partial charge in [0.05, 0.1) is 5.56 Å². The second-order valence-electron chi connectivity index (χ2n) is 10.8. The molecule has 0 saturated carbocycles. The lowest BCUT2D eigenvalue weighted by Crippen LogP contribution is -1.91. The first-order valence-corrected chi connectivity index (χ1v) is 14.1. The number of hydrogen-bond donors (Lipinski definition) is 5. The number of furan rings is 1. The molecule has 44 heavy (non-hydrogen) atoms. The zero-order chi connectivity index (χ0) is 30.1. The monoisotopic (exact) mass is 576 g/mol. The lowest BCUT2D eigenvalue weighted by atomic mass is 9.85. The smallest absolute Gasteiger partial charge is 0.208 e. The number of aromatic hydroxyl groups is 5. The van der Waals surface area contributed by atoms with Gasteiger partial charge >= 0.3 is 0 Å². The van der Waals surface area contributed by atoms with Crippen LogP contribution in [-0.4, -0.2) is 25.5 Å². The number of hydrogen-bond acceptors (Lipinski definition) is 6. The highest BCUT2D eigenvalue weighted by molar-refractivity contribution is 6.26. The first-order chi connectivity index (χ1) is 21.5. The number of fused-ring (bicyclic) bond motifs is 5. The summed E-state index contributed by atoms with van der Waals surface area (Å²) < 4.78 is 6.39. The summed E-state index contributed by atoms with van der Waals surface area (Å²) in [5.74, 6) is -4.46. The van der Waals surface area contributed by atoms with Crippen molar-refractivity contribution in [1.82, 2.24) is 0 Å². The third-order valence-corrected chi connectivity index (χ3v) is 8.43. The normalized spacial score (nSPS) is 11.6. The van der Waals surface area contributed by atoms with Crippen LogP contribution in [0.15, 0.2) is 120 Å². The fraction of sp³-hybridized carbons (Fsp3) is 0. The Labute approximate surface area is 250 Å². The summed E-state index contributed by atoms with van der Waals surface area (Å²) in [6.07, 6.45) is 0. The predicted molar refractivity (Wildman–Crippen MR) is 173 cm³/mol. The van der Waals surface area contributed by atoms with Crippen LogP contribution in [0.5, 0.6) is 28.7 Å². The molecule has 8 rings (SSSR count). The fourth-order valence-corrected chi connectivity index (χ4v) is 6.53. The molecule has 5 N–H and O–H groups in total. The minimum atomic E-state index is -1.01. The summed E-state index contributed by atoms with van der Waals surface area (Å²) in [7, 11) is 0. The minimum absolute atomic E-state index is 0.236. The molecule has 0 bridgehead atoms. The van der Waals surface area contributed by atoms with Crippen LogP contribution in [0.25, 0.3) is 76.9 Å². The summed E-state index contributed by atoms with van der Waals surface area (Å²) in [6, 6.07) is 38.2. The number of rotatable bonds is 3. The van der Waals surface area contributed by atoms with E-state index in [1.165, 1.54) is 0 Å². The summed E-state index contributed by atoms with van der Waals surface area (Å²) in [4.78, 5) is 0. The summed E-state index contributed by atoms with van der Waals surface area (Å²) in [5, 5.41) is 57.9. The van der Waals surface area contributed by atoms with Gasteiger partial charge in [-0.2, -0.15) is 0 Å². The van der Waals surface area contributed by atoms with Gasteiger partial charge in [-0.15, -0.1) is 0 Å². The Bertz CT molecular complexity index is 2350. The first kappa shape index (κ1) is 25.6. The van der Waals surface area contributed by atoms with E-state index in [1.54, 1.807) is 12.1 Å². The van der Waals surface area contributed by atoms with E-state index in [4.69, 9.17) is 4.42 Å². The number of para-hydroxylation sites is 1. The standard InChI is InChI=1S/C38H24O6/c39-33-32(34(40)36(42)37(43)35(33)41)27-18-8-17-26-31-25(16-9-19-28(31)44-38(26)27)30-23-14-6-4-12-21(23)29(20-10-2-1-3-11-20)22-13-5-7-15-24(22)30/h1-19,39-43H. The lowest BCUT2D eigenvalue weighted by Gasteiger charge is -2.18. The first-order valence-electron chi connectivity index (χ1n) is 14.1. The van der Waals surface area contributed by atoms with Crippen LogP contribution in [0.3, 0.4) is 0 Å². The van der Waals surface area contributed by atoms with Gasteiger partial charge < -0.3 is 29.9 Å². The number of phenols is 5. The zero-order valence-electron chi connectivity index (χ0n) is 23.1. The average Bonchev–Trinajstić information content (AvgIpc) is 3.46. The number of benzene rings is 7. The third kappa shape index (κ3) is 3.48. The highest BCUT2D eigenvalue weighted by Gasteiger charge is 2.27. The van der Waals surface area contributed by atoms with Gasteiger partial charge in [0.2, 0.25) is 17.2 Å². The quantitative estimate of drug-likeness (QED) is 0.0813. The van der Waals surface area contributed by atoms with Crippen molar-refractivity contribution in [3.05, 3.63) is 115 Å². The van der Waals surface area contributed by atoms with Crippen LogP contribution < -0.4 is 0 Å². The van der Waals surface area contributed by atoms with Gasteiger partial charge in [0.15, 0.2) is 11.5 Å². The van der Waals surface area contributed by atoms with Gasteiger partial charge in [-0.3, -0.25) is 0 Å². The Morgan fingerprint density at radius 2 is 0.841 bits per heavy atom. The predicted octanol–water partition coefficient (Wildman–Crippen LogP) is 9.42. The Balaban J connectivity index is 1.50. The van der Waals surface area contributed by atoms with Gasteiger partial charge in [-0.05, 0) is 49.9 Å². The SMILES string of the molecule is Oc1c(O)c(O)c(-c2cccc3c2oc2cccc(-c4c5ccccc5c(-c5ccccc5)c5ccccc45)c23)c(O)c1O.